The molecule has 0 unspecified atom stereocenters. The Labute approximate surface area is 486 Å². The second kappa shape index (κ2) is 21.2. The quantitative estimate of drug-likeness (QED) is 0.107. The molecule has 0 fully saturated rings. The topological polar surface area (TPSA) is 16.3 Å². The Balaban J connectivity index is 0.910. The number of aromatic nitrogens is 2. The minimum absolute atomic E-state index is 1.05. The first-order chi connectivity index (χ1) is 41.2. The maximum absolute atomic E-state index is 3.47. The number of benzene rings is 13. The summed E-state index contributed by atoms with van der Waals surface area (Å²) in [5, 5.41) is 4.77. The molecule has 4 nitrogen and oxygen atoms in total. The first-order valence-electron chi connectivity index (χ1n) is 28.5. The third-order valence-corrected chi connectivity index (χ3v) is 26.7. The fourth-order valence-corrected chi connectivity index (χ4v) is 22.9. The molecule has 0 saturated heterocycles. The molecule has 2 heterocycles. The summed E-state index contributed by atoms with van der Waals surface area (Å²) in [5.74, 6) is 0. The molecule has 5 heteroatoms. The largest absolute Gasteiger partial charge is 0.0602 e. The molecule has 0 radical (unpaired) electrons. The molecule has 0 bridgehead atoms. The van der Waals surface area contributed by atoms with Gasteiger partial charge >= 0.3 is 272 Å². The molecule has 13 aromatic carbocycles. The van der Waals surface area contributed by atoms with Crippen molar-refractivity contribution in [1.82, 2.24) is 9.13 Å². The van der Waals surface area contributed by atoms with E-state index in [0.717, 1.165) is 62.0 Å². The molecular formula is C78H56GeN4. The molecule has 83 heavy (non-hydrogen) atoms. The molecule has 15 aromatic rings. The minimum atomic E-state index is -3.47. The van der Waals surface area contributed by atoms with Crippen LogP contribution in [0.15, 0.2) is 340 Å². The Morgan fingerprint density at radius 1 is 0.205 bits per heavy atom. The number of fused-ring (bicyclic) bond motifs is 6. The first-order valence-corrected chi connectivity index (χ1v) is 32.7. The van der Waals surface area contributed by atoms with Crippen LogP contribution in [0.4, 0.5) is 34.1 Å². The first kappa shape index (κ1) is 49.6. The molecule has 0 aliphatic heterocycles. The number of hydrogen-bond acceptors (Lipinski definition) is 2. The molecular weight excluding hydrogens is 1070 g/mol. The molecule has 0 atom stereocenters. The van der Waals surface area contributed by atoms with Crippen molar-refractivity contribution < 1.29 is 0 Å². The van der Waals surface area contributed by atoms with Gasteiger partial charge in [-0.15, -0.1) is 0 Å². The van der Waals surface area contributed by atoms with Crippen LogP contribution in [0, 0.1) is 0 Å². The van der Waals surface area contributed by atoms with E-state index in [1.165, 1.54) is 55.8 Å². The molecule has 0 N–H and O–H groups in total. The summed E-state index contributed by atoms with van der Waals surface area (Å²) in [6, 6.07) is 125. The second-order valence-corrected chi connectivity index (χ2v) is 29.3. The molecule has 2 aromatic heterocycles. The van der Waals surface area contributed by atoms with Gasteiger partial charge in [0.1, 0.15) is 0 Å². The fourth-order valence-electron chi connectivity index (χ4n) is 12.9. The van der Waals surface area contributed by atoms with E-state index >= 15 is 0 Å². The van der Waals surface area contributed by atoms with E-state index in [4.69, 9.17) is 0 Å². The van der Waals surface area contributed by atoms with Gasteiger partial charge in [-0.2, -0.15) is 0 Å². The third-order valence-electron chi connectivity index (χ3n) is 16.6. The number of nitrogens with zero attached hydrogens (tertiary/aromatic N) is 4. The van der Waals surface area contributed by atoms with Gasteiger partial charge in [0.25, 0.3) is 0 Å². The van der Waals surface area contributed by atoms with Gasteiger partial charge in [0, 0.05) is 33.5 Å². The molecule has 0 saturated carbocycles. The van der Waals surface area contributed by atoms with Crippen molar-refractivity contribution in [2.45, 2.75) is 0 Å². The molecule has 0 spiro atoms. The predicted octanol–water partition coefficient (Wildman–Crippen LogP) is 17.9. The Hall–Kier alpha value is -10.4. The van der Waals surface area contributed by atoms with E-state index in [1.807, 2.05) is 0 Å². The van der Waals surface area contributed by atoms with Gasteiger partial charge in [-0.3, -0.25) is 0 Å². The number of rotatable bonds is 13. The Bertz CT molecular complexity index is 4600. The van der Waals surface area contributed by atoms with Crippen molar-refractivity contribution in [1.29, 1.82) is 0 Å². The van der Waals surface area contributed by atoms with Crippen molar-refractivity contribution in [3.05, 3.63) is 340 Å². The Morgan fingerprint density at radius 3 is 0.964 bits per heavy atom. The minimum Gasteiger partial charge on any atom is -0.0602 e. The van der Waals surface area contributed by atoms with Crippen LogP contribution in [0.1, 0.15) is 0 Å². The van der Waals surface area contributed by atoms with Crippen LogP contribution in [0.3, 0.4) is 0 Å². The van der Waals surface area contributed by atoms with Gasteiger partial charge in [-0.1, -0.05) is 78.9 Å². The summed E-state index contributed by atoms with van der Waals surface area (Å²) in [6.45, 7) is 0. The van der Waals surface area contributed by atoms with Gasteiger partial charge < -0.3 is 9.47 Å². The monoisotopic (exact) mass is 1120 g/mol. The van der Waals surface area contributed by atoms with E-state index in [9.17, 15) is 0 Å². The van der Waals surface area contributed by atoms with Crippen molar-refractivity contribution in [3.63, 3.8) is 0 Å². The summed E-state index contributed by atoms with van der Waals surface area (Å²) < 4.78 is 10.4. The Morgan fingerprint density at radius 2 is 0.506 bits per heavy atom. The predicted molar refractivity (Wildman–Crippen MR) is 354 cm³/mol. The van der Waals surface area contributed by atoms with Crippen LogP contribution in [-0.4, -0.2) is 22.4 Å². The third kappa shape index (κ3) is 8.71. The summed E-state index contributed by atoms with van der Waals surface area (Å²) in [5.41, 5.74) is 15.7. The smallest absolute Gasteiger partial charge is 0.0359 e. The normalized spacial score (nSPS) is 11.6. The fraction of sp³-hybridized carbons (Fsp3) is 0. The summed E-state index contributed by atoms with van der Waals surface area (Å²) in [7, 11) is 0. The summed E-state index contributed by atoms with van der Waals surface area (Å²) in [6.07, 6.45) is 0. The number of para-hydroxylation sites is 5. The van der Waals surface area contributed by atoms with Gasteiger partial charge in [0.15, 0.2) is 0 Å². The zero-order chi connectivity index (χ0) is 55.1. The van der Waals surface area contributed by atoms with Crippen LogP contribution in [-0.2, 0) is 0 Å². The van der Waals surface area contributed by atoms with E-state index < -0.39 is 13.3 Å². The molecule has 15 rings (SSSR count). The number of anilines is 6. The molecule has 392 valence electrons. The van der Waals surface area contributed by atoms with E-state index in [1.54, 1.807) is 0 Å². The maximum Gasteiger partial charge on any atom is -0.0359 e. The molecule has 0 amide bonds. The van der Waals surface area contributed by atoms with Gasteiger partial charge in [-0.05, 0) is 84.9 Å². The van der Waals surface area contributed by atoms with Crippen LogP contribution < -0.4 is 27.4 Å². The zero-order valence-electron chi connectivity index (χ0n) is 45.6. The summed E-state index contributed by atoms with van der Waals surface area (Å²) in [4.78, 5) is 4.76. The van der Waals surface area contributed by atoms with Crippen LogP contribution in [0.5, 0.6) is 0 Å². The van der Waals surface area contributed by atoms with E-state index in [0.29, 0.717) is 0 Å². The zero-order valence-corrected chi connectivity index (χ0v) is 47.7. The van der Waals surface area contributed by atoms with Gasteiger partial charge in [-0.25, -0.2) is 0 Å². The average molecular weight is 1120 g/mol. The van der Waals surface area contributed by atoms with E-state index in [-0.39, 0.29) is 0 Å². The van der Waals surface area contributed by atoms with Gasteiger partial charge in [0.2, 0.25) is 0 Å². The van der Waals surface area contributed by atoms with Crippen LogP contribution in [0.2, 0.25) is 0 Å². The van der Waals surface area contributed by atoms with Gasteiger partial charge in [0.05, 0.1) is 11.0 Å². The van der Waals surface area contributed by atoms with Crippen molar-refractivity contribution in [2.75, 3.05) is 9.80 Å². The summed E-state index contributed by atoms with van der Waals surface area (Å²) >= 11 is -3.47. The van der Waals surface area contributed by atoms with Crippen LogP contribution >= 0.6 is 0 Å². The number of hydrogen-bond donors (Lipinski definition) is 0. The van der Waals surface area contributed by atoms with Crippen molar-refractivity contribution in [3.8, 4) is 22.5 Å². The SMILES string of the molecule is c1ccc(N(c2ccccc2)c2ccc(N(c3ccc4c(c3)c3ccccc3n4-c3ccccc3)c3ccc4c(c3)c3cc(-c5cc[c]([Ge]([c]6ccccc6)([c]6ccccc6)[c]6ccccc6)cc5)ccc3n4-c3ccccc3)cc2)cc1. The molecule has 0 aliphatic rings. The average Bonchev–Trinajstić information content (AvgIpc) is 4.21. The van der Waals surface area contributed by atoms with Crippen molar-refractivity contribution in [2.24, 2.45) is 0 Å². The molecule has 0 aliphatic carbocycles. The van der Waals surface area contributed by atoms with Crippen LogP contribution in [0.25, 0.3) is 66.1 Å². The second-order valence-electron chi connectivity index (χ2n) is 21.3. The van der Waals surface area contributed by atoms with Crippen molar-refractivity contribution >= 4 is 109 Å². The standard InChI is InChI=1S/C78H56GeN4/c1-8-24-59(25-9-1)79(60-26-10-2-11-27-60,61-28-12-3-13-29-61)62-43-40-57(41-44-62)58-42-51-76-72(54-58)74-56-70(50-53-78(74)83(76)66-36-20-7-21-37-66)81(68-47-45-67(46-48-68)80(63-30-14-4-15-31-63)64-32-16-5-17-33-64)69-49-52-77-73(55-69)71-38-22-23-39-75(71)82(77)65-34-18-6-19-35-65/h1-56H. The Kier molecular flexibility index (Phi) is 12.7. The maximum atomic E-state index is 2.44. The van der Waals surface area contributed by atoms with E-state index in [2.05, 4.69) is 359 Å².